The van der Waals surface area contributed by atoms with E-state index in [0.29, 0.717) is 5.69 Å². The first kappa shape index (κ1) is 18.6. The minimum absolute atomic E-state index is 0.0182. The zero-order valence-electron chi connectivity index (χ0n) is 14.4. The van der Waals surface area contributed by atoms with Crippen LogP contribution in [0.3, 0.4) is 0 Å². The maximum Gasteiger partial charge on any atom is 0.267 e. The summed E-state index contributed by atoms with van der Waals surface area (Å²) in [5.74, 6) is -0.466. The number of rotatable bonds is 5. The molecule has 0 aliphatic rings. The molecule has 0 heterocycles. The third-order valence-electron chi connectivity index (χ3n) is 3.05. The first-order valence-corrected chi connectivity index (χ1v) is 7.51. The zero-order valence-corrected chi connectivity index (χ0v) is 14.4. The lowest BCUT2D eigenvalue weighted by molar-refractivity contribution is -0.112. The summed E-state index contributed by atoms with van der Waals surface area (Å²) in [6.07, 6.45) is 2.33. The van der Waals surface area contributed by atoms with Crippen LogP contribution in [0, 0.1) is 16.7 Å². The number of carbonyl (C=O) groups excluding carboxylic acids is 1. The monoisotopic (exact) mass is 315 g/mol. The van der Waals surface area contributed by atoms with E-state index in [4.69, 9.17) is 0 Å². The molecule has 0 radical (unpaired) electrons. The fourth-order valence-electron chi connectivity index (χ4n) is 2.58. The van der Waals surface area contributed by atoms with Crippen molar-refractivity contribution in [2.75, 3.05) is 5.32 Å². The summed E-state index contributed by atoms with van der Waals surface area (Å²) in [4.78, 5) is 12.1. The summed E-state index contributed by atoms with van der Waals surface area (Å²) < 4.78 is 0. The number of nitrogens with one attached hydrogen (secondary N) is 2. The van der Waals surface area contributed by atoms with Gasteiger partial charge in [-0.15, -0.1) is 0 Å². The van der Waals surface area contributed by atoms with Crippen LogP contribution in [0.2, 0.25) is 0 Å². The van der Waals surface area contributed by atoms with Crippen molar-refractivity contribution in [1.29, 1.82) is 5.26 Å². The molecule has 5 heteroatoms. The van der Waals surface area contributed by atoms with E-state index in [0.717, 1.165) is 6.42 Å². The van der Waals surface area contributed by atoms with E-state index in [-0.39, 0.29) is 22.3 Å². The number of nitriles is 1. The van der Waals surface area contributed by atoms with E-state index in [1.165, 1.54) is 18.3 Å². The Bertz CT molecular complexity index is 634. The summed E-state index contributed by atoms with van der Waals surface area (Å²) >= 11 is 0. The second-order valence-electron chi connectivity index (χ2n) is 7.44. The van der Waals surface area contributed by atoms with Crippen molar-refractivity contribution in [2.24, 2.45) is 5.41 Å². The first-order chi connectivity index (χ1) is 10.5. The van der Waals surface area contributed by atoms with Gasteiger partial charge in [-0.05, 0) is 37.8 Å². The average molecular weight is 315 g/mol. The van der Waals surface area contributed by atoms with E-state index in [1.54, 1.807) is 12.1 Å². The van der Waals surface area contributed by atoms with Crippen LogP contribution in [0.5, 0.6) is 5.75 Å². The molecule has 1 aromatic rings. The molecule has 0 aliphatic heterocycles. The second kappa shape index (κ2) is 7.19. The highest BCUT2D eigenvalue weighted by molar-refractivity contribution is 6.06. The summed E-state index contributed by atoms with van der Waals surface area (Å²) in [5.41, 5.74) is 0.299. The number of nitrogens with zero attached hydrogens (tertiary/aromatic N) is 1. The molecule has 1 amide bonds. The molecule has 0 atom stereocenters. The molecule has 1 rings (SSSR count). The van der Waals surface area contributed by atoms with Crippen molar-refractivity contribution in [2.45, 2.75) is 46.6 Å². The van der Waals surface area contributed by atoms with Crippen LogP contribution in [0.15, 0.2) is 36.0 Å². The lowest BCUT2D eigenvalue weighted by Gasteiger charge is -2.33. The van der Waals surface area contributed by atoms with Crippen molar-refractivity contribution < 1.29 is 9.90 Å². The van der Waals surface area contributed by atoms with Crippen LogP contribution in [-0.4, -0.2) is 16.6 Å². The van der Waals surface area contributed by atoms with Gasteiger partial charge in [-0.2, -0.15) is 5.26 Å². The van der Waals surface area contributed by atoms with Gasteiger partial charge >= 0.3 is 0 Å². The molecule has 23 heavy (non-hydrogen) atoms. The Labute approximate surface area is 138 Å². The molecule has 0 unspecified atom stereocenters. The fourth-order valence-corrected chi connectivity index (χ4v) is 2.58. The van der Waals surface area contributed by atoms with Crippen LogP contribution in [0.1, 0.15) is 41.0 Å². The Balaban J connectivity index is 2.79. The number of carbonyl (C=O) groups is 1. The minimum atomic E-state index is -0.517. The number of amides is 1. The first-order valence-electron chi connectivity index (χ1n) is 7.51. The van der Waals surface area contributed by atoms with Crippen molar-refractivity contribution in [3.05, 3.63) is 36.0 Å². The molecule has 0 saturated heterocycles. The van der Waals surface area contributed by atoms with Gasteiger partial charge in [0, 0.05) is 23.5 Å². The Kier molecular flexibility index (Phi) is 5.80. The molecule has 5 nitrogen and oxygen atoms in total. The predicted octanol–water partition coefficient (Wildman–Crippen LogP) is 3.54. The molecule has 0 fully saturated rings. The molecule has 0 aromatic heterocycles. The number of phenols is 1. The summed E-state index contributed by atoms with van der Waals surface area (Å²) in [7, 11) is 0. The van der Waals surface area contributed by atoms with Gasteiger partial charge in [0.25, 0.3) is 5.91 Å². The predicted molar refractivity (Wildman–Crippen MR) is 91.7 cm³/mol. The molecule has 124 valence electrons. The smallest absolute Gasteiger partial charge is 0.267 e. The SMILES string of the molecule is CC(C)(C)CC(C)(C)N/C=C(/C#N)C(=O)Nc1cccc(O)c1. The van der Waals surface area contributed by atoms with Crippen LogP contribution in [0.4, 0.5) is 5.69 Å². The van der Waals surface area contributed by atoms with Crippen molar-refractivity contribution in [3.63, 3.8) is 0 Å². The number of hydrogen-bond acceptors (Lipinski definition) is 4. The van der Waals surface area contributed by atoms with E-state index in [1.807, 2.05) is 19.9 Å². The van der Waals surface area contributed by atoms with Crippen molar-refractivity contribution >= 4 is 11.6 Å². The number of aromatic hydroxyl groups is 1. The van der Waals surface area contributed by atoms with Crippen LogP contribution >= 0.6 is 0 Å². The summed E-state index contributed by atoms with van der Waals surface area (Å²) in [5, 5.41) is 24.3. The van der Waals surface area contributed by atoms with Gasteiger partial charge < -0.3 is 15.7 Å². The van der Waals surface area contributed by atoms with E-state index >= 15 is 0 Å². The van der Waals surface area contributed by atoms with Crippen LogP contribution in [0.25, 0.3) is 0 Å². The Morgan fingerprint density at radius 1 is 1.30 bits per heavy atom. The Hall–Kier alpha value is -2.48. The van der Waals surface area contributed by atoms with Crippen LogP contribution in [-0.2, 0) is 4.79 Å². The normalized spacial score (nSPS) is 12.4. The van der Waals surface area contributed by atoms with E-state index < -0.39 is 5.91 Å². The average Bonchev–Trinajstić information content (AvgIpc) is 2.36. The molecule has 0 aliphatic carbocycles. The molecular formula is C18H25N3O2. The number of anilines is 1. The third kappa shape index (κ3) is 6.88. The number of benzene rings is 1. The molecule has 0 saturated carbocycles. The van der Waals surface area contributed by atoms with Gasteiger partial charge in [-0.25, -0.2) is 0 Å². The molecule has 1 aromatic carbocycles. The number of phenolic OH excluding ortho intramolecular Hbond substituents is 1. The zero-order chi connectivity index (χ0) is 17.7. The maximum atomic E-state index is 12.1. The highest BCUT2D eigenvalue weighted by Gasteiger charge is 2.24. The van der Waals surface area contributed by atoms with Crippen LogP contribution < -0.4 is 10.6 Å². The van der Waals surface area contributed by atoms with Gasteiger partial charge in [-0.3, -0.25) is 4.79 Å². The highest BCUT2D eigenvalue weighted by atomic mass is 16.3. The van der Waals surface area contributed by atoms with E-state index in [2.05, 4.69) is 31.4 Å². The van der Waals surface area contributed by atoms with Gasteiger partial charge in [0.05, 0.1) is 0 Å². The van der Waals surface area contributed by atoms with Crippen molar-refractivity contribution in [1.82, 2.24) is 5.32 Å². The molecule has 0 spiro atoms. The third-order valence-corrected chi connectivity index (χ3v) is 3.05. The molecule has 0 bridgehead atoms. The van der Waals surface area contributed by atoms with Gasteiger partial charge in [0.1, 0.15) is 17.4 Å². The number of hydrogen-bond donors (Lipinski definition) is 3. The summed E-state index contributed by atoms with van der Waals surface area (Å²) in [6, 6.07) is 8.08. The van der Waals surface area contributed by atoms with E-state index in [9.17, 15) is 15.2 Å². The Morgan fingerprint density at radius 3 is 2.48 bits per heavy atom. The van der Waals surface area contributed by atoms with Gasteiger partial charge in [-0.1, -0.05) is 26.8 Å². The second-order valence-corrected chi connectivity index (χ2v) is 7.44. The fraction of sp³-hybridized carbons (Fsp3) is 0.444. The van der Waals surface area contributed by atoms with Crippen molar-refractivity contribution in [3.8, 4) is 11.8 Å². The molecule has 3 N–H and O–H groups in total. The summed E-state index contributed by atoms with van der Waals surface area (Å²) in [6.45, 7) is 10.5. The molecular weight excluding hydrogens is 290 g/mol. The lowest BCUT2D eigenvalue weighted by atomic mass is 9.82. The standard InChI is InChI=1S/C18H25N3O2/c1-17(2,3)12-18(4,5)20-11-13(10-19)16(23)21-14-7-6-8-15(22)9-14/h6-9,11,20,22H,12H2,1-5H3,(H,21,23)/b13-11-. The Morgan fingerprint density at radius 2 is 1.96 bits per heavy atom. The highest BCUT2D eigenvalue weighted by Crippen LogP contribution is 2.26. The maximum absolute atomic E-state index is 12.1. The topological polar surface area (TPSA) is 85.2 Å². The lowest BCUT2D eigenvalue weighted by Crippen LogP contribution is -2.39. The minimum Gasteiger partial charge on any atom is -0.508 e. The largest absolute Gasteiger partial charge is 0.508 e. The quantitative estimate of drug-likeness (QED) is 0.573. The van der Waals surface area contributed by atoms with Gasteiger partial charge in [0.2, 0.25) is 0 Å². The van der Waals surface area contributed by atoms with Gasteiger partial charge in [0.15, 0.2) is 0 Å².